The van der Waals surface area contributed by atoms with Crippen molar-refractivity contribution in [3.63, 3.8) is 0 Å². The van der Waals surface area contributed by atoms with Crippen LogP contribution in [0.15, 0.2) is 57.9 Å². The van der Waals surface area contributed by atoms with E-state index in [1.54, 1.807) is 15.7 Å². The maximum atomic E-state index is 15.9. The number of aromatic nitrogens is 1. The second kappa shape index (κ2) is 10.9. The number of rotatable bonds is 6. The van der Waals surface area contributed by atoms with Gasteiger partial charge in [0.15, 0.2) is 17.3 Å². The Hall–Kier alpha value is -4.45. The maximum absolute atomic E-state index is 15.9. The highest BCUT2D eigenvalue weighted by Crippen LogP contribution is 2.47. The highest BCUT2D eigenvalue weighted by atomic mass is 19.1. The molecule has 226 valence electrons. The van der Waals surface area contributed by atoms with Gasteiger partial charge < -0.3 is 33.4 Å². The average Bonchev–Trinajstić information content (AvgIpc) is 3.42. The number of nitrogens with one attached hydrogen (secondary N) is 1. The van der Waals surface area contributed by atoms with Crippen molar-refractivity contribution in [2.24, 2.45) is 0 Å². The second-order valence-corrected chi connectivity index (χ2v) is 11.4. The molecule has 44 heavy (non-hydrogen) atoms. The van der Waals surface area contributed by atoms with E-state index < -0.39 is 17.2 Å². The van der Waals surface area contributed by atoms with Crippen LogP contribution in [0.3, 0.4) is 0 Å². The topological polar surface area (TPSA) is 98.4 Å². The van der Waals surface area contributed by atoms with Crippen molar-refractivity contribution < 1.29 is 27.8 Å². The number of benzene rings is 3. The van der Waals surface area contributed by atoms with Gasteiger partial charge in [-0.25, -0.2) is 4.39 Å². The molecule has 2 fully saturated rings. The molecular weight excluding hydrogens is 567 g/mol. The number of halogens is 1. The maximum Gasteiger partial charge on any atom is 0.259 e. The van der Waals surface area contributed by atoms with Gasteiger partial charge in [0, 0.05) is 55.8 Å². The summed E-state index contributed by atoms with van der Waals surface area (Å²) in [4.78, 5) is 31.4. The monoisotopic (exact) mass is 598 g/mol. The van der Waals surface area contributed by atoms with Gasteiger partial charge in [0.25, 0.3) is 5.91 Å². The number of carbonyl (C=O) groups is 1. The Morgan fingerprint density at radius 2 is 1.68 bits per heavy atom. The van der Waals surface area contributed by atoms with E-state index in [1.165, 1.54) is 6.07 Å². The van der Waals surface area contributed by atoms with E-state index >= 15 is 4.39 Å². The van der Waals surface area contributed by atoms with Crippen LogP contribution in [0.4, 0.5) is 10.1 Å². The van der Waals surface area contributed by atoms with Crippen LogP contribution in [0, 0.1) is 5.82 Å². The van der Waals surface area contributed by atoms with Gasteiger partial charge in [-0.2, -0.15) is 0 Å². The Morgan fingerprint density at radius 3 is 2.50 bits per heavy atom. The molecule has 8 rings (SSSR count). The van der Waals surface area contributed by atoms with Crippen molar-refractivity contribution in [1.82, 2.24) is 14.4 Å². The summed E-state index contributed by atoms with van der Waals surface area (Å²) in [7, 11) is 0. The first-order chi connectivity index (χ1) is 21.6. The zero-order chi connectivity index (χ0) is 29.8. The van der Waals surface area contributed by atoms with Crippen LogP contribution in [0.5, 0.6) is 11.5 Å². The Labute approximate surface area is 251 Å². The molecule has 2 aromatic heterocycles. The lowest BCUT2D eigenvalue weighted by Gasteiger charge is -2.29. The predicted molar refractivity (Wildman–Crippen MR) is 164 cm³/mol. The summed E-state index contributed by atoms with van der Waals surface area (Å²) in [6, 6.07) is 12.7. The van der Waals surface area contributed by atoms with Crippen molar-refractivity contribution >= 4 is 44.4 Å². The van der Waals surface area contributed by atoms with Gasteiger partial charge in [0.2, 0.25) is 5.43 Å². The third-order valence-corrected chi connectivity index (χ3v) is 8.71. The van der Waals surface area contributed by atoms with Crippen LogP contribution in [0.1, 0.15) is 16.8 Å². The zero-order valence-electron chi connectivity index (χ0n) is 24.1. The van der Waals surface area contributed by atoms with Gasteiger partial charge >= 0.3 is 0 Å². The molecule has 10 nitrogen and oxygen atoms in total. The van der Waals surface area contributed by atoms with Crippen molar-refractivity contribution in [2.45, 2.75) is 6.42 Å². The summed E-state index contributed by atoms with van der Waals surface area (Å²) >= 11 is 0. The number of para-hydroxylation sites is 1. The predicted octanol–water partition coefficient (Wildman–Crippen LogP) is 4.74. The van der Waals surface area contributed by atoms with E-state index in [1.807, 2.05) is 36.4 Å². The molecule has 0 radical (unpaired) electrons. The van der Waals surface area contributed by atoms with Crippen molar-refractivity contribution in [2.75, 3.05) is 71.0 Å². The molecule has 0 atom stereocenters. The van der Waals surface area contributed by atoms with Gasteiger partial charge in [-0.1, -0.05) is 18.2 Å². The van der Waals surface area contributed by atoms with Crippen molar-refractivity contribution in [1.29, 1.82) is 0 Å². The molecule has 1 amide bonds. The summed E-state index contributed by atoms with van der Waals surface area (Å²) in [6.45, 7) is 6.11. The molecule has 5 heterocycles. The highest BCUT2D eigenvalue weighted by Gasteiger charge is 2.31. The summed E-state index contributed by atoms with van der Waals surface area (Å²) < 4.78 is 41.1. The van der Waals surface area contributed by atoms with E-state index in [4.69, 9.17) is 18.6 Å². The van der Waals surface area contributed by atoms with E-state index in [2.05, 4.69) is 10.2 Å². The van der Waals surface area contributed by atoms with Gasteiger partial charge in [0.1, 0.15) is 27.9 Å². The fourth-order valence-corrected chi connectivity index (χ4v) is 6.43. The van der Waals surface area contributed by atoms with Gasteiger partial charge in [0.05, 0.1) is 37.5 Å². The highest BCUT2D eigenvalue weighted by molar-refractivity contribution is 6.07. The second-order valence-electron chi connectivity index (χ2n) is 11.4. The molecule has 0 spiro atoms. The van der Waals surface area contributed by atoms with Gasteiger partial charge in [-0.15, -0.1) is 0 Å². The summed E-state index contributed by atoms with van der Waals surface area (Å²) in [6.07, 6.45) is 2.34. The Kier molecular flexibility index (Phi) is 6.73. The molecule has 11 heteroatoms. The number of furan rings is 1. The Balaban J connectivity index is 1.26. The molecule has 2 saturated heterocycles. The molecule has 0 aliphatic carbocycles. The van der Waals surface area contributed by atoms with Crippen molar-refractivity contribution in [3.8, 4) is 17.2 Å². The lowest BCUT2D eigenvalue weighted by molar-refractivity contribution is 0.0301. The smallest absolute Gasteiger partial charge is 0.259 e. The largest absolute Gasteiger partial charge is 0.456 e. The Bertz CT molecular complexity index is 1990. The molecule has 3 aromatic carbocycles. The first kappa shape index (κ1) is 27.1. The summed E-state index contributed by atoms with van der Waals surface area (Å²) in [5.74, 6) is -0.340. The third-order valence-electron chi connectivity index (χ3n) is 8.71. The SMILES string of the molecule is O=C(c1cn2c3c(c(NCCCN4CCOCC4)c(F)cc3c1=O)Oc1cc3c(cc1-2)oc1ccccc13)N1CCOCC1. The fraction of sp³-hybridized carbons (Fsp3) is 0.333. The van der Waals surface area contributed by atoms with Crippen LogP contribution in [0.25, 0.3) is 38.5 Å². The molecule has 3 aliphatic rings. The van der Waals surface area contributed by atoms with Crippen LogP contribution >= 0.6 is 0 Å². The zero-order valence-corrected chi connectivity index (χ0v) is 24.1. The fourth-order valence-electron chi connectivity index (χ4n) is 6.43. The number of carbonyl (C=O) groups excluding carboxylic acids is 1. The third kappa shape index (κ3) is 4.50. The average molecular weight is 599 g/mol. The van der Waals surface area contributed by atoms with Crippen LogP contribution < -0.4 is 15.5 Å². The van der Waals surface area contributed by atoms with Crippen LogP contribution in [0.2, 0.25) is 0 Å². The Morgan fingerprint density at radius 1 is 0.909 bits per heavy atom. The molecule has 1 N–H and O–H groups in total. The van der Waals surface area contributed by atoms with Crippen molar-refractivity contribution in [3.05, 3.63) is 70.3 Å². The van der Waals surface area contributed by atoms with Crippen LogP contribution in [-0.2, 0) is 9.47 Å². The van der Waals surface area contributed by atoms with E-state index in [9.17, 15) is 9.59 Å². The quantitative estimate of drug-likeness (QED) is 0.275. The lowest BCUT2D eigenvalue weighted by atomic mass is 10.0. The lowest BCUT2D eigenvalue weighted by Crippen LogP contribution is -2.42. The molecule has 3 aliphatic heterocycles. The summed E-state index contributed by atoms with van der Waals surface area (Å²) in [5.41, 5.74) is 1.96. The summed E-state index contributed by atoms with van der Waals surface area (Å²) in [5, 5.41) is 5.09. The number of anilines is 1. The first-order valence-electron chi connectivity index (χ1n) is 15.0. The molecule has 5 aromatic rings. The standard InChI is InChI=1S/C33H31FN4O6/c34-24-16-22-30-32(29(24)35-6-3-7-36-8-12-41-13-9-36)44-28-17-21-20-4-1-2-5-26(20)43-27(21)18-25(28)38(30)19-23(31(22)39)33(40)37-10-14-42-15-11-37/h1-2,4-5,16-19,35H,3,6-15H2. The molecule has 0 unspecified atom stereocenters. The molecular formula is C33H31FN4O6. The number of amides is 1. The van der Waals surface area contributed by atoms with Crippen LogP contribution in [-0.4, -0.2) is 86.0 Å². The number of ether oxygens (including phenoxy) is 3. The minimum absolute atomic E-state index is 0.0338. The minimum Gasteiger partial charge on any atom is -0.456 e. The number of nitrogens with zero attached hydrogens (tertiary/aromatic N) is 3. The number of morpholine rings is 2. The van der Waals surface area contributed by atoms with E-state index in [0.717, 1.165) is 55.6 Å². The van der Waals surface area contributed by atoms with E-state index in [0.29, 0.717) is 55.4 Å². The van der Waals surface area contributed by atoms with Gasteiger partial charge in [-0.3, -0.25) is 14.5 Å². The minimum atomic E-state index is -0.614. The van der Waals surface area contributed by atoms with Gasteiger partial charge in [-0.05, 0) is 31.2 Å². The first-order valence-corrected chi connectivity index (χ1v) is 15.0. The molecule has 0 saturated carbocycles. The normalized spacial score (nSPS) is 16.8. The number of fused-ring (bicyclic) bond motifs is 5. The number of pyridine rings is 1. The number of hydrogen-bond donors (Lipinski definition) is 1. The molecule has 0 bridgehead atoms. The number of hydrogen-bond acceptors (Lipinski definition) is 8. The van der Waals surface area contributed by atoms with E-state index in [-0.39, 0.29) is 22.4 Å².